The Morgan fingerprint density at radius 2 is 1.82 bits per heavy atom. The molecule has 0 radical (unpaired) electrons. The van der Waals surface area contributed by atoms with E-state index in [2.05, 4.69) is 10.3 Å². The standard InChI is InChI=1S/C23H24F2N4O3S/c1-16-26-9-12-29(16)21-8-5-17(13-20(21)25)15-27-23(30)18-6-7-19(24)22(14-18)33(31,32)28-10-3-2-4-11-28/h5-9,12-14H,2-4,10-11,15H2,1H3,(H,27,30). The molecule has 33 heavy (non-hydrogen) atoms. The molecule has 4 rings (SSSR count). The number of amides is 1. The first kappa shape index (κ1) is 23.1. The molecule has 10 heteroatoms. The van der Waals surface area contributed by atoms with E-state index >= 15 is 0 Å². The first-order valence-electron chi connectivity index (χ1n) is 10.6. The van der Waals surface area contributed by atoms with Gasteiger partial charge in [-0.15, -0.1) is 0 Å². The van der Waals surface area contributed by atoms with Gasteiger partial charge in [0.15, 0.2) is 0 Å². The molecule has 7 nitrogen and oxygen atoms in total. The van der Waals surface area contributed by atoms with E-state index in [4.69, 9.17) is 0 Å². The monoisotopic (exact) mass is 474 g/mol. The maximum atomic E-state index is 14.6. The molecule has 2 heterocycles. The summed E-state index contributed by atoms with van der Waals surface area (Å²) in [5.41, 5.74) is 0.870. The van der Waals surface area contributed by atoms with Crippen molar-refractivity contribution in [1.82, 2.24) is 19.2 Å². The molecule has 3 aromatic rings. The molecular weight excluding hydrogens is 450 g/mol. The summed E-state index contributed by atoms with van der Waals surface area (Å²) in [5, 5.41) is 2.63. The minimum Gasteiger partial charge on any atom is -0.348 e. The average Bonchev–Trinajstić information content (AvgIpc) is 3.23. The fraction of sp³-hybridized carbons (Fsp3) is 0.304. The van der Waals surface area contributed by atoms with Gasteiger partial charge < -0.3 is 9.88 Å². The molecule has 0 aliphatic carbocycles. The molecule has 1 amide bonds. The quantitative estimate of drug-likeness (QED) is 0.592. The molecular formula is C23H24F2N4O3S. The van der Waals surface area contributed by atoms with Crippen molar-refractivity contribution in [1.29, 1.82) is 0 Å². The number of sulfonamides is 1. The fourth-order valence-corrected chi connectivity index (χ4v) is 5.47. The second-order valence-electron chi connectivity index (χ2n) is 7.92. The highest BCUT2D eigenvalue weighted by Gasteiger charge is 2.29. The van der Waals surface area contributed by atoms with Crippen LogP contribution in [0.3, 0.4) is 0 Å². The minimum absolute atomic E-state index is 0.0121. The van der Waals surface area contributed by atoms with E-state index in [1.165, 1.54) is 16.4 Å². The molecule has 1 aliphatic rings. The van der Waals surface area contributed by atoms with Crippen LogP contribution in [0.25, 0.3) is 5.69 Å². The maximum Gasteiger partial charge on any atom is 0.251 e. The van der Waals surface area contributed by atoms with Crippen LogP contribution < -0.4 is 5.32 Å². The number of nitrogens with one attached hydrogen (secondary N) is 1. The van der Waals surface area contributed by atoms with Crippen LogP contribution in [0.15, 0.2) is 53.7 Å². The third-order valence-electron chi connectivity index (χ3n) is 5.68. The second kappa shape index (κ2) is 9.40. The van der Waals surface area contributed by atoms with Gasteiger partial charge in [-0.2, -0.15) is 4.31 Å². The van der Waals surface area contributed by atoms with E-state index < -0.39 is 32.5 Å². The van der Waals surface area contributed by atoms with Gasteiger partial charge in [-0.1, -0.05) is 12.5 Å². The van der Waals surface area contributed by atoms with Crippen molar-refractivity contribution in [2.45, 2.75) is 37.6 Å². The Kier molecular flexibility index (Phi) is 6.57. The van der Waals surface area contributed by atoms with Crippen LogP contribution in [0.4, 0.5) is 8.78 Å². The van der Waals surface area contributed by atoms with Gasteiger partial charge in [0, 0.05) is 37.6 Å². The van der Waals surface area contributed by atoms with E-state index in [0.29, 0.717) is 30.2 Å². The van der Waals surface area contributed by atoms with E-state index in [-0.39, 0.29) is 12.1 Å². The SMILES string of the molecule is Cc1nccn1-c1ccc(CNC(=O)c2ccc(F)c(S(=O)(=O)N3CCCCC3)c2)cc1F. The van der Waals surface area contributed by atoms with Gasteiger partial charge in [-0.3, -0.25) is 4.79 Å². The fourth-order valence-electron chi connectivity index (χ4n) is 3.86. The lowest BCUT2D eigenvalue weighted by Crippen LogP contribution is -2.36. The van der Waals surface area contributed by atoms with Crippen molar-refractivity contribution in [3.63, 3.8) is 0 Å². The third-order valence-corrected chi connectivity index (χ3v) is 7.59. The number of imidazole rings is 1. The lowest BCUT2D eigenvalue weighted by Gasteiger charge is -2.26. The summed E-state index contributed by atoms with van der Waals surface area (Å²) in [5.74, 6) is -1.31. The number of carbonyl (C=O) groups excluding carboxylic acids is 1. The molecule has 0 spiro atoms. The molecule has 0 saturated carbocycles. The predicted molar refractivity (Wildman–Crippen MR) is 118 cm³/mol. The number of aryl methyl sites for hydroxylation is 1. The van der Waals surface area contributed by atoms with Gasteiger partial charge in [0.05, 0.1) is 5.69 Å². The summed E-state index contributed by atoms with van der Waals surface area (Å²) in [4.78, 5) is 16.2. The van der Waals surface area contributed by atoms with Crippen molar-refractivity contribution in [3.8, 4) is 5.69 Å². The van der Waals surface area contributed by atoms with Crippen LogP contribution in [0.5, 0.6) is 0 Å². The zero-order valence-electron chi connectivity index (χ0n) is 18.1. The van der Waals surface area contributed by atoms with Gasteiger partial charge in [-0.05, 0) is 55.7 Å². The number of nitrogens with zero attached hydrogens (tertiary/aromatic N) is 3. The van der Waals surface area contributed by atoms with Crippen molar-refractivity contribution in [2.75, 3.05) is 13.1 Å². The van der Waals surface area contributed by atoms with Crippen molar-refractivity contribution in [3.05, 3.63) is 77.4 Å². The zero-order chi connectivity index (χ0) is 23.6. The summed E-state index contributed by atoms with van der Waals surface area (Å²) < 4.78 is 57.5. The molecule has 1 aromatic heterocycles. The maximum absolute atomic E-state index is 14.6. The number of piperidine rings is 1. The van der Waals surface area contributed by atoms with Gasteiger partial charge in [0.25, 0.3) is 5.91 Å². The number of benzene rings is 2. The van der Waals surface area contributed by atoms with Crippen LogP contribution in [0.2, 0.25) is 0 Å². The summed E-state index contributed by atoms with van der Waals surface area (Å²) in [6.07, 6.45) is 5.60. The Hall–Kier alpha value is -3.11. The first-order chi connectivity index (χ1) is 15.8. The highest BCUT2D eigenvalue weighted by Crippen LogP contribution is 2.24. The Labute approximate surface area is 191 Å². The molecule has 1 aliphatic heterocycles. The van der Waals surface area contributed by atoms with Gasteiger partial charge in [0.1, 0.15) is 22.4 Å². The number of rotatable bonds is 6. The highest BCUT2D eigenvalue weighted by molar-refractivity contribution is 7.89. The number of halogens is 2. The van der Waals surface area contributed by atoms with Crippen LogP contribution in [0.1, 0.15) is 41.0 Å². The Morgan fingerprint density at radius 1 is 1.06 bits per heavy atom. The molecule has 0 bridgehead atoms. The molecule has 174 valence electrons. The predicted octanol–water partition coefficient (Wildman–Crippen LogP) is 3.56. The van der Waals surface area contributed by atoms with Crippen molar-refractivity contribution >= 4 is 15.9 Å². The van der Waals surface area contributed by atoms with Crippen molar-refractivity contribution in [2.24, 2.45) is 0 Å². The number of carbonyl (C=O) groups is 1. The number of hydrogen-bond acceptors (Lipinski definition) is 4. The summed E-state index contributed by atoms with van der Waals surface area (Å²) in [6.45, 7) is 2.44. The first-order valence-corrected chi connectivity index (χ1v) is 12.1. The van der Waals surface area contributed by atoms with E-state index in [9.17, 15) is 22.0 Å². The van der Waals surface area contributed by atoms with E-state index in [1.807, 2.05) is 0 Å². The minimum atomic E-state index is -4.03. The smallest absolute Gasteiger partial charge is 0.251 e. The Morgan fingerprint density at radius 3 is 2.48 bits per heavy atom. The normalized spacial score (nSPS) is 14.9. The zero-order valence-corrected chi connectivity index (χ0v) is 18.9. The molecule has 0 unspecified atom stereocenters. The topological polar surface area (TPSA) is 84.3 Å². The van der Waals surface area contributed by atoms with E-state index in [1.54, 1.807) is 36.0 Å². The molecule has 1 fully saturated rings. The largest absolute Gasteiger partial charge is 0.348 e. The summed E-state index contributed by atoms with van der Waals surface area (Å²) >= 11 is 0. The van der Waals surface area contributed by atoms with Gasteiger partial charge in [0.2, 0.25) is 10.0 Å². The number of aromatic nitrogens is 2. The summed E-state index contributed by atoms with van der Waals surface area (Å²) in [6, 6.07) is 7.84. The van der Waals surface area contributed by atoms with E-state index in [0.717, 1.165) is 31.4 Å². The third kappa shape index (κ3) is 4.81. The molecule has 1 N–H and O–H groups in total. The van der Waals surface area contributed by atoms with Crippen LogP contribution in [-0.2, 0) is 16.6 Å². The highest BCUT2D eigenvalue weighted by atomic mass is 32.2. The number of hydrogen-bond donors (Lipinski definition) is 1. The molecule has 1 saturated heterocycles. The Bertz CT molecular complexity index is 1280. The lowest BCUT2D eigenvalue weighted by atomic mass is 10.1. The van der Waals surface area contributed by atoms with Gasteiger partial charge >= 0.3 is 0 Å². The van der Waals surface area contributed by atoms with Crippen LogP contribution in [-0.4, -0.2) is 41.3 Å². The van der Waals surface area contributed by atoms with Crippen LogP contribution in [0, 0.1) is 18.6 Å². The second-order valence-corrected chi connectivity index (χ2v) is 9.83. The summed E-state index contributed by atoms with van der Waals surface area (Å²) in [7, 11) is -4.03. The molecule has 0 atom stereocenters. The lowest BCUT2D eigenvalue weighted by molar-refractivity contribution is 0.0950. The van der Waals surface area contributed by atoms with Crippen molar-refractivity contribution < 1.29 is 22.0 Å². The van der Waals surface area contributed by atoms with Gasteiger partial charge in [-0.25, -0.2) is 22.2 Å². The molecule has 2 aromatic carbocycles. The Balaban J connectivity index is 1.49. The van der Waals surface area contributed by atoms with Crippen LogP contribution >= 0.6 is 0 Å². The average molecular weight is 475 g/mol.